The van der Waals surface area contributed by atoms with Crippen LogP contribution in [0.3, 0.4) is 0 Å². The Kier molecular flexibility index (Phi) is 2.91. The molecule has 1 nitrogen and oxygen atoms in total. The number of benzene rings is 2. The zero-order valence-corrected chi connectivity index (χ0v) is 10.4. The minimum Gasteiger partial charge on any atom is -0.464 e. The van der Waals surface area contributed by atoms with Crippen molar-refractivity contribution in [2.75, 3.05) is 0 Å². The van der Waals surface area contributed by atoms with E-state index in [4.69, 9.17) is 16.0 Å². The standard InChI is InChI=1S/C16H11ClO/c17-15-9-5-4-8-14(15)16-10-13(11-18-16)12-6-2-1-3-7-12/h1-11H. The normalized spacial score (nSPS) is 10.5. The first kappa shape index (κ1) is 11.1. The van der Waals surface area contributed by atoms with Gasteiger partial charge in [-0.3, -0.25) is 0 Å². The van der Waals surface area contributed by atoms with Crippen LogP contribution in [0.1, 0.15) is 0 Å². The van der Waals surface area contributed by atoms with Crippen LogP contribution in [-0.2, 0) is 0 Å². The molecule has 0 atom stereocenters. The number of hydrogen-bond acceptors (Lipinski definition) is 1. The SMILES string of the molecule is Clc1ccccc1-c1cc(-c2ccccc2)co1. The van der Waals surface area contributed by atoms with Gasteiger partial charge in [0.1, 0.15) is 5.76 Å². The van der Waals surface area contributed by atoms with Gasteiger partial charge in [0.2, 0.25) is 0 Å². The molecule has 2 heteroatoms. The monoisotopic (exact) mass is 254 g/mol. The van der Waals surface area contributed by atoms with E-state index in [9.17, 15) is 0 Å². The molecule has 0 spiro atoms. The Balaban J connectivity index is 2.03. The van der Waals surface area contributed by atoms with Crippen molar-refractivity contribution in [3.8, 4) is 22.5 Å². The molecule has 0 saturated carbocycles. The predicted octanol–water partition coefficient (Wildman–Crippen LogP) is 5.27. The fraction of sp³-hybridized carbons (Fsp3) is 0. The van der Waals surface area contributed by atoms with Gasteiger partial charge in [0, 0.05) is 11.1 Å². The first-order valence-corrected chi connectivity index (χ1v) is 6.11. The fourth-order valence-corrected chi connectivity index (χ4v) is 2.15. The summed E-state index contributed by atoms with van der Waals surface area (Å²) in [6, 6.07) is 19.8. The van der Waals surface area contributed by atoms with Crippen molar-refractivity contribution in [2.24, 2.45) is 0 Å². The first-order chi connectivity index (χ1) is 8.84. The predicted molar refractivity (Wildman–Crippen MR) is 74.6 cm³/mol. The minimum absolute atomic E-state index is 0.700. The Bertz CT molecular complexity index is 656. The molecule has 0 unspecified atom stereocenters. The summed E-state index contributed by atoms with van der Waals surface area (Å²) in [6.07, 6.45) is 1.76. The Morgan fingerprint density at radius 1 is 0.778 bits per heavy atom. The van der Waals surface area contributed by atoms with E-state index in [-0.39, 0.29) is 0 Å². The van der Waals surface area contributed by atoms with E-state index in [0.717, 1.165) is 22.5 Å². The van der Waals surface area contributed by atoms with E-state index in [1.807, 2.05) is 48.5 Å². The number of halogens is 1. The van der Waals surface area contributed by atoms with Crippen molar-refractivity contribution in [2.45, 2.75) is 0 Å². The highest BCUT2D eigenvalue weighted by Crippen LogP contribution is 2.32. The Morgan fingerprint density at radius 3 is 2.28 bits per heavy atom. The molecular weight excluding hydrogens is 244 g/mol. The molecule has 0 amide bonds. The zero-order chi connectivity index (χ0) is 12.4. The van der Waals surface area contributed by atoms with Gasteiger partial charge in [-0.25, -0.2) is 0 Å². The van der Waals surface area contributed by atoms with Crippen LogP contribution >= 0.6 is 11.6 Å². The molecular formula is C16H11ClO. The molecule has 0 saturated heterocycles. The van der Waals surface area contributed by atoms with Gasteiger partial charge in [0.05, 0.1) is 11.3 Å². The Morgan fingerprint density at radius 2 is 1.50 bits per heavy atom. The average molecular weight is 255 g/mol. The van der Waals surface area contributed by atoms with Crippen LogP contribution in [0, 0.1) is 0 Å². The smallest absolute Gasteiger partial charge is 0.135 e. The van der Waals surface area contributed by atoms with Gasteiger partial charge in [0.15, 0.2) is 0 Å². The van der Waals surface area contributed by atoms with E-state index in [1.54, 1.807) is 6.26 Å². The summed E-state index contributed by atoms with van der Waals surface area (Å²) in [6.45, 7) is 0. The summed E-state index contributed by atoms with van der Waals surface area (Å²) in [4.78, 5) is 0. The van der Waals surface area contributed by atoms with Crippen molar-refractivity contribution >= 4 is 11.6 Å². The summed E-state index contributed by atoms with van der Waals surface area (Å²) in [7, 11) is 0. The van der Waals surface area contributed by atoms with Crippen molar-refractivity contribution in [1.82, 2.24) is 0 Å². The molecule has 1 aromatic heterocycles. The molecule has 0 aliphatic carbocycles. The lowest BCUT2D eigenvalue weighted by molar-refractivity contribution is 0.583. The lowest BCUT2D eigenvalue weighted by Crippen LogP contribution is -1.75. The Labute approximate surface area is 111 Å². The van der Waals surface area contributed by atoms with Crippen LogP contribution in [0.4, 0.5) is 0 Å². The fourth-order valence-electron chi connectivity index (χ4n) is 1.92. The summed E-state index contributed by atoms with van der Waals surface area (Å²) in [5.74, 6) is 0.791. The van der Waals surface area contributed by atoms with Crippen LogP contribution in [-0.4, -0.2) is 0 Å². The lowest BCUT2D eigenvalue weighted by atomic mass is 10.1. The molecule has 18 heavy (non-hydrogen) atoms. The molecule has 2 aromatic carbocycles. The molecule has 1 heterocycles. The molecule has 0 radical (unpaired) electrons. The third kappa shape index (κ3) is 2.05. The van der Waals surface area contributed by atoms with Crippen LogP contribution < -0.4 is 0 Å². The summed E-state index contributed by atoms with van der Waals surface area (Å²) >= 11 is 6.15. The molecule has 0 N–H and O–H groups in total. The van der Waals surface area contributed by atoms with Crippen molar-refractivity contribution in [3.05, 3.63) is 71.9 Å². The van der Waals surface area contributed by atoms with Gasteiger partial charge >= 0.3 is 0 Å². The van der Waals surface area contributed by atoms with Gasteiger partial charge in [-0.05, 0) is 23.8 Å². The molecule has 3 rings (SSSR count). The number of hydrogen-bond donors (Lipinski definition) is 0. The second-order valence-corrected chi connectivity index (χ2v) is 4.45. The molecule has 0 bridgehead atoms. The second kappa shape index (κ2) is 4.71. The summed E-state index contributed by atoms with van der Waals surface area (Å²) in [5.41, 5.74) is 3.12. The van der Waals surface area contributed by atoms with E-state index in [1.165, 1.54) is 0 Å². The van der Waals surface area contributed by atoms with Gasteiger partial charge in [0.25, 0.3) is 0 Å². The highest BCUT2D eigenvalue weighted by atomic mass is 35.5. The summed E-state index contributed by atoms with van der Waals surface area (Å²) < 4.78 is 5.60. The molecule has 0 aliphatic heterocycles. The number of rotatable bonds is 2. The number of furan rings is 1. The minimum atomic E-state index is 0.700. The zero-order valence-electron chi connectivity index (χ0n) is 9.64. The summed E-state index contributed by atoms with van der Waals surface area (Å²) in [5, 5.41) is 0.700. The lowest BCUT2D eigenvalue weighted by Gasteiger charge is -1.98. The van der Waals surface area contributed by atoms with Crippen molar-refractivity contribution < 1.29 is 4.42 Å². The highest BCUT2D eigenvalue weighted by Gasteiger charge is 2.08. The first-order valence-electron chi connectivity index (χ1n) is 5.73. The van der Waals surface area contributed by atoms with Crippen LogP contribution in [0.25, 0.3) is 22.5 Å². The largest absolute Gasteiger partial charge is 0.464 e. The van der Waals surface area contributed by atoms with Crippen molar-refractivity contribution in [3.63, 3.8) is 0 Å². The van der Waals surface area contributed by atoms with Gasteiger partial charge < -0.3 is 4.42 Å². The van der Waals surface area contributed by atoms with E-state index < -0.39 is 0 Å². The maximum Gasteiger partial charge on any atom is 0.135 e. The molecule has 88 valence electrons. The van der Waals surface area contributed by atoms with Crippen LogP contribution in [0.15, 0.2) is 71.3 Å². The van der Waals surface area contributed by atoms with Crippen LogP contribution in [0.2, 0.25) is 5.02 Å². The van der Waals surface area contributed by atoms with E-state index >= 15 is 0 Å². The second-order valence-electron chi connectivity index (χ2n) is 4.05. The van der Waals surface area contributed by atoms with Crippen molar-refractivity contribution in [1.29, 1.82) is 0 Å². The maximum atomic E-state index is 6.15. The highest BCUT2D eigenvalue weighted by molar-refractivity contribution is 6.33. The van der Waals surface area contributed by atoms with Gasteiger partial charge in [-0.2, -0.15) is 0 Å². The molecule has 3 aromatic rings. The van der Waals surface area contributed by atoms with Gasteiger partial charge in [-0.15, -0.1) is 0 Å². The topological polar surface area (TPSA) is 13.1 Å². The van der Waals surface area contributed by atoms with Gasteiger partial charge in [-0.1, -0.05) is 54.1 Å². The molecule has 0 fully saturated rings. The van der Waals surface area contributed by atoms with E-state index in [0.29, 0.717) is 5.02 Å². The average Bonchev–Trinajstić information content (AvgIpc) is 2.90. The van der Waals surface area contributed by atoms with Crippen LogP contribution in [0.5, 0.6) is 0 Å². The molecule has 0 aliphatic rings. The quantitative estimate of drug-likeness (QED) is 0.607. The third-order valence-corrected chi connectivity index (χ3v) is 3.18. The Hall–Kier alpha value is -1.99. The maximum absolute atomic E-state index is 6.15. The van der Waals surface area contributed by atoms with E-state index in [2.05, 4.69) is 12.1 Å². The third-order valence-electron chi connectivity index (χ3n) is 2.85.